The molecular weight excluding hydrogens is 368 g/mol. The number of nitrogens with zero attached hydrogens (tertiary/aromatic N) is 3. The Kier molecular flexibility index (Phi) is 7.77. The number of hydrogen-bond donors (Lipinski definition) is 1. The Morgan fingerprint density at radius 2 is 2.11 bits per heavy atom. The number of aryl methyl sites for hydroxylation is 1. The summed E-state index contributed by atoms with van der Waals surface area (Å²) < 4.78 is 10.4. The van der Waals surface area contributed by atoms with Crippen LogP contribution in [0.25, 0.3) is 0 Å². The molecule has 27 heavy (non-hydrogen) atoms. The third-order valence-electron chi connectivity index (χ3n) is 5.08. The van der Waals surface area contributed by atoms with Crippen molar-refractivity contribution in [3.63, 3.8) is 0 Å². The maximum atomic E-state index is 12.6. The normalized spacial score (nSPS) is 20.3. The summed E-state index contributed by atoms with van der Waals surface area (Å²) in [5.41, 5.74) is 7.19. The molecule has 1 aliphatic heterocycles. The molecule has 0 aliphatic carbocycles. The summed E-state index contributed by atoms with van der Waals surface area (Å²) in [7, 11) is 1.59. The number of carbonyl (C=O) groups is 1. The van der Waals surface area contributed by atoms with E-state index in [1.807, 2.05) is 30.0 Å². The van der Waals surface area contributed by atoms with Crippen LogP contribution >= 0.6 is 12.4 Å². The van der Waals surface area contributed by atoms with Crippen molar-refractivity contribution in [3.8, 4) is 0 Å². The van der Waals surface area contributed by atoms with Crippen LogP contribution in [0.3, 0.4) is 0 Å². The quantitative estimate of drug-likeness (QED) is 0.774. The van der Waals surface area contributed by atoms with E-state index >= 15 is 0 Å². The van der Waals surface area contributed by atoms with E-state index in [2.05, 4.69) is 22.3 Å². The van der Waals surface area contributed by atoms with E-state index < -0.39 is 0 Å². The molecule has 1 amide bonds. The third-order valence-corrected chi connectivity index (χ3v) is 5.08. The second-order valence-electron chi connectivity index (χ2n) is 6.74. The van der Waals surface area contributed by atoms with Crippen molar-refractivity contribution in [2.24, 2.45) is 11.7 Å². The molecule has 1 aromatic heterocycles. The molecule has 2 aromatic rings. The predicted molar refractivity (Wildman–Crippen MR) is 104 cm³/mol. The lowest BCUT2D eigenvalue weighted by molar-refractivity contribution is -0.130. The summed E-state index contributed by atoms with van der Waals surface area (Å²) in [5.74, 6) is 1.65. The Hall–Kier alpha value is -1.96. The number of likely N-dealkylation sites (tertiary alicyclic amines) is 1. The van der Waals surface area contributed by atoms with Crippen molar-refractivity contribution in [1.29, 1.82) is 0 Å². The summed E-state index contributed by atoms with van der Waals surface area (Å²) in [6, 6.07) is 10.3. The van der Waals surface area contributed by atoms with Gasteiger partial charge in [-0.3, -0.25) is 4.79 Å². The fourth-order valence-electron chi connectivity index (χ4n) is 3.40. The van der Waals surface area contributed by atoms with Gasteiger partial charge in [0.25, 0.3) is 0 Å². The third kappa shape index (κ3) is 5.06. The van der Waals surface area contributed by atoms with Gasteiger partial charge in [0.1, 0.15) is 6.10 Å². The molecule has 1 saturated heterocycles. The summed E-state index contributed by atoms with van der Waals surface area (Å²) in [6.07, 6.45) is 0.558. The molecule has 2 heterocycles. The number of halogens is 1. The van der Waals surface area contributed by atoms with E-state index in [0.717, 1.165) is 0 Å². The van der Waals surface area contributed by atoms with Crippen molar-refractivity contribution in [1.82, 2.24) is 15.0 Å². The molecule has 148 valence electrons. The van der Waals surface area contributed by atoms with Crippen LogP contribution in [0.15, 0.2) is 34.9 Å². The Morgan fingerprint density at radius 3 is 2.78 bits per heavy atom. The van der Waals surface area contributed by atoms with Gasteiger partial charge in [0, 0.05) is 39.0 Å². The highest BCUT2D eigenvalue weighted by molar-refractivity contribution is 5.85. The molecule has 0 bridgehead atoms. The molecule has 3 atom stereocenters. The molecule has 0 spiro atoms. The standard InChI is InChI=1S/C19H26N4O3.ClH/c1-13(25-2)19-21-17(26-22-19)8-9-18(24)23-11-15(10-20)16(12-23)14-6-4-3-5-7-14;/h3-7,13,15-16H,8-12,20H2,1-2H3;1H/t13?,15-,16+;/m1./s1. The summed E-state index contributed by atoms with van der Waals surface area (Å²) in [6.45, 7) is 3.83. The van der Waals surface area contributed by atoms with Crippen LogP contribution < -0.4 is 5.73 Å². The zero-order valence-electron chi connectivity index (χ0n) is 15.7. The van der Waals surface area contributed by atoms with Gasteiger partial charge >= 0.3 is 0 Å². The molecule has 7 nitrogen and oxygen atoms in total. The van der Waals surface area contributed by atoms with E-state index in [-0.39, 0.29) is 24.4 Å². The zero-order chi connectivity index (χ0) is 18.5. The van der Waals surface area contributed by atoms with Gasteiger partial charge in [0.05, 0.1) is 0 Å². The van der Waals surface area contributed by atoms with Gasteiger partial charge in [-0.25, -0.2) is 0 Å². The molecular formula is C19H27ClN4O3. The highest BCUT2D eigenvalue weighted by Crippen LogP contribution is 2.32. The Labute approximate surface area is 165 Å². The number of benzene rings is 1. The van der Waals surface area contributed by atoms with Gasteiger partial charge in [-0.05, 0) is 24.9 Å². The topological polar surface area (TPSA) is 94.5 Å². The van der Waals surface area contributed by atoms with Gasteiger partial charge in [-0.1, -0.05) is 35.5 Å². The number of carbonyl (C=O) groups excluding carboxylic acids is 1. The van der Waals surface area contributed by atoms with E-state index in [4.69, 9.17) is 15.0 Å². The highest BCUT2D eigenvalue weighted by atomic mass is 35.5. The smallest absolute Gasteiger partial charge is 0.227 e. The number of hydrogen-bond acceptors (Lipinski definition) is 6. The molecule has 1 aliphatic rings. The number of methoxy groups -OCH3 is 1. The first-order valence-corrected chi connectivity index (χ1v) is 9.00. The molecule has 1 aromatic carbocycles. The first-order valence-electron chi connectivity index (χ1n) is 9.00. The van der Waals surface area contributed by atoms with Crippen molar-refractivity contribution < 1.29 is 14.1 Å². The molecule has 8 heteroatoms. The van der Waals surface area contributed by atoms with E-state index in [9.17, 15) is 4.79 Å². The second kappa shape index (κ2) is 9.82. The number of ether oxygens (including phenoxy) is 1. The monoisotopic (exact) mass is 394 g/mol. The first-order chi connectivity index (χ1) is 12.6. The van der Waals surface area contributed by atoms with Crippen LogP contribution in [0.4, 0.5) is 0 Å². The second-order valence-corrected chi connectivity index (χ2v) is 6.74. The Bertz CT molecular complexity index is 725. The maximum Gasteiger partial charge on any atom is 0.227 e. The van der Waals surface area contributed by atoms with Gasteiger partial charge in [0.15, 0.2) is 5.82 Å². The Morgan fingerprint density at radius 1 is 1.37 bits per heavy atom. The molecule has 1 fully saturated rings. The van der Waals surface area contributed by atoms with Crippen LogP contribution in [0.1, 0.15) is 42.6 Å². The van der Waals surface area contributed by atoms with Crippen LogP contribution in [-0.2, 0) is 16.0 Å². The van der Waals surface area contributed by atoms with Crippen molar-refractivity contribution in [2.75, 3.05) is 26.7 Å². The van der Waals surface area contributed by atoms with Gasteiger partial charge < -0.3 is 19.9 Å². The largest absolute Gasteiger partial charge is 0.374 e. The average Bonchev–Trinajstić information content (AvgIpc) is 3.33. The van der Waals surface area contributed by atoms with E-state index in [1.165, 1.54) is 5.56 Å². The molecule has 0 saturated carbocycles. The zero-order valence-corrected chi connectivity index (χ0v) is 16.5. The maximum absolute atomic E-state index is 12.6. The van der Waals surface area contributed by atoms with Crippen LogP contribution in [0, 0.1) is 5.92 Å². The summed E-state index contributed by atoms with van der Waals surface area (Å²) in [4.78, 5) is 18.8. The fraction of sp³-hybridized carbons (Fsp3) is 0.526. The minimum absolute atomic E-state index is 0. The number of rotatable bonds is 7. The molecule has 1 unspecified atom stereocenters. The Balaban J connectivity index is 0.00000261. The number of amides is 1. The predicted octanol–water partition coefficient (Wildman–Crippen LogP) is 2.33. The molecule has 2 N–H and O–H groups in total. The van der Waals surface area contributed by atoms with E-state index in [1.54, 1.807) is 7.11 Å². The first kappa shape index (κ1) is 21.3. The van der Waals surface area contributed by atoms with Gasteiger partial charge in [0.2, 0.25) is 11.8 Å². The van der Waals surface area contributed by atoms with Crippen molar-refractivity contribution >= 4 is 18.3 Å². The minimum atomic E-state index is -0.223. The SMILES string of the molecule is COC(C)c1noc(CCC(=O)N2C[C@@H](CN)[C@H](c3ccccc3)C2)n1.Cl. The lowest BCUT2D eigenvalue weighted by atomic mass is 9.89. The lowest BCUT2D eigenvalue weighted by Crippen LogP contribution is -2.30. The van der Waals surface area contributed by atoms with Crippen molar-refractivity contribution in [2.45, 2.75) is 31.8 Å². The summed E-state index contributed by atoms with van der Waals surface area (Å²) >= 11 is 0. The minimum Gasteiger partial charge on any atom is -0.374 e. The van der Waals surface area contributed by atoms with E-state index in [0.29, 0.717) is 56.0 Å². The fourth-order valence-corrected chi connectivity index (χ4v) is 3.40. The van der Waals surface area contributed by atoms with Gasteiger partial charge in [-0.2, -0.15) is 4.98 Å². The summed E-state index contributed by atoms with van der Waals surface area (Å²) in [5, 5.41) is 3.89. The van der Waals surface area contributed by atoms with Crippen LogP contribution in [0.2, 0.25) is 0 Å². The highest BCUT2D eigenvalue weighted by Gasteiger charge is 2.35. The van der Waals surface area contributed by atoms with Gasteiger partial charge in [-0.15, -0.1) is 12.4 Å². The van der Waals surface area contributed by atoms with Crippen molar-refractivity contribution in [3.05, 3.63) is 47.6 Å². The lowest BCUT2D eigenvalue weighted by Gasteiger charge is -2.16. The molecule has 3 rings (SSSR count). The van der Waals surface area contributed by atoms with Crippen LogP contribution in [-0.4, -0.2) is 47.7 Å². The average molecular weight is 395 g/mol. The van der Waals surface area contributed by atoms with Crippen LogP contribution in [0.5, 0.6) is 0 Å². The number of aromatic nitrogens is 2. The molecule has 0 radical (unpaired) electrons. The number of nitrogens with two attached hydrogens (primary N) is 1.